The smallest absolute Gasteiger partial charge is 0.247 e. The van der Waals surface area contributed by atoms with Gasteiger partial charge in [0.05, 0.1) is 32.6 Å². The molecule has 1 amide bonds. The van der Waals surface area contributed by atoms with E-state index >= 15 is 0 Å². The second-order valence-electron chi connectivity index (χ2n) is 7.78. The maximum Gasteiger partial charge on any atom is 0.247 e. The fourth-order valence-corrected chi connectivity index (χ4v) is 4.73. The van der Waals surface area contributed by atoms with Gasteiger partial charge in [-0.05, 0) is 18.6 Å². The van der Waals surface area contributed by atoms with Crippen LogP contribution in [0.25, 0.3) is 11.3 Å². The molecule has 184 valence electrons. The zero-order chi connectivity index (χ0) is 24.9. The molecule has 3 aromatic rings. The van der Waals surface area contributed by atoms with Gasteiger partial charge in [-0.15, -0.1) is 10.2 Å². The predicted molar refractivity (Wildman–Crippen MR) is 134 cm³/mol. The zero-order valence-electron chi connectivity index (χ0n) is 20.4. The Balaban J connectivity index is 1.92. The molecule has 1 aliphatic rings. The van der Waals surface area contributed by atoms with E-state index in [9.17, 15) is 4.79 Å². The Labute approximate surface area is 208 Å². The Bertz CT molecular complexity index is 1220. The number of hydrogen-bond donors (Lipinski definition) is 0. The van der Waals surface area contributed by atoms with Crippen LogP contribution in [0, 0.1) is 0 Å². The molecule has 0 N–H and O–H groups in total. The van der Waals surface area contributed by atoms with Gasteiger partial charge < -0.3 is 18.9 Å². The summed E-state index contributed by atoms with van der Waals surface area (Å²) in [6, 6.07) is 10.9. The number of amides is 1. The molecule has 0 saturated carbocycles. The number of unbranched alkanes of at least 4 members (excludes halogenated alkanes) is 1. The molecule has 0 saturated heterocycles. The summed E-state index contributed by atoms with van der Waals surface area (Å²) in [6.07, 6.45) is 1.21. The molecule has 0 spiro atoms. The Kier molecular flexibility index (Phi) is 7.60. The van der Waals surface area contributed by atoms with Crippen LogP contribution in [0.15, 0.2) is 41.6 Å². The summed E-state index contributed by atoms with van der Waals surface area (Å²) < 4.78 is 23.1. The maximum absolute atomic E-state index is 13.1. The third-order valence-electron chi connectivity index (χ3n) is 5.58. The van der Waals surface area contributed by atoms with E-state index in [-0.39, 0.29) is 11.8 Å². The van der Waals surface area contributed by atoms with Gasteiger partial charge in [0.1, 0.15) is 5.75 Å². The number of carbonyl (C=O) groups is 1. The monoisotopic (exact) mass is 496 g/mol. The molecule has 4 rings (SSSR count). The van der Waals surface area contributed by atoms with Gasteiger partial charge in [0.2, 0.25) is 23.2 Å². The quantitative estimate of drug-likeness (QED) is 0.319. The Morgan fingerprint density at radius 2 is 1.77 bits per heavy atom. The summed E-state index contributed by atoms with van der Waals surface area (Å²) in [7, 11) is 4.65. The molecule has 0 bridgehead atoms. The average molecular weight is 497 g/mol. The van der Waals surface area contributed by atoms with Crippen molar-refractivity contribution in [3.8, 4) is 34.4 Å². The Hall–Kier alpha value is -3.53. The summed E-state index contributed by atoms with van der Waals surface area (Å²) in [5.74, 6) is 2.38. The van der Waals surface area contributed by atoms with Gasteiger partial charge in [0.25, 0.3) is 0 Å². The normalized spacial score (nSPS) is 14.3. The van der Waals surface area contributed by atoms with E-state index in [4.69, 9.17) is 18.9 Å². The van der Waals surface area contributed by atoms with Crippen LogP contribution in [0.1, 0.15) is 38.5 Å². The predicted octanol–water partition coefficient (Wildman–Crippen LogP) is 4.90. The number of hydrogen-bond acceptors (Lipinski definition) is 9. The van der Waals surface area contributed by atoms with Crippen LogP contribution in [-0.2, 0) is 4.79 Å². The van der Waals surface area contributed by atoms with Gasteiger partial charge >= 0.3 is 0 Å². The van der Waals surface area contributed by atoms with Crippen LogP contribution in [-0.4, -0.2) is 48.2 Å². The number of anilines is 1. The van der Waals surface area contributed by atoms with Crippen LogP contribution < -0.4 is 23.8 Å². The molecule has 0 unspecified atom stereocenters. The number of benzene rings is 2. The van der Waals surface area contributed by atoms with Crippen molar-refractivity contribution in [3.63, 3.8) is 0 Å². The van der Waals surface area contributed by atoms with Crippen molar-refractivity contribution < 1.29 is 23.7 Å². The molecule has 10 heteroatoms. The van der Waals surface area contributed by atoms with Crippen LogP contribution in [0.5, 0.6) is 23.1 Å². The van der Waals surface area contributed by atoms with Crippen LogP contribution in [0.3, 0.4) is 0 Å². The van der Waals surface area contributed by atoms with Gasteiger partial charge in [-0.1, -0.05) is 43.3 Å². The summed E-state index contributed by atoms with van der Waals surface area (Å²) >= 11 is 1.52. The third kappa shape index (κ3) is 4.84. The van der Waals surface area contributed by atoms with Gasteiger partial charge in [0.15, 0.2) is 17.2 Å². The van der Waals surface area contributed by atoms with E-state index in [0.717, 1.165) is 18.6 Å². The lowest BCUT2D eigenvalue weighted by molar-refractivity contribution is -0.118. The van der Waals surface area contributed by atoms with Crippen molar-refractivity contribution in [2.24, 2.45) is 0 Å². The van der Waals surface area contributed by atoms with E-state index in [1.165, 1.54) is 18.7 Å². The molecule has 0 radical (unpaired) electrons. The number of aromatic nitrogens is 3. The Morgan fingerprint density at radius 1 is 1.06 bits per heavy atom. The van der Waals surface area contributed by atoms with Crippen LogP contribution in [0.2, 0.25) is 0 Å². The van der Waals surface area contributed by atoms with Gasteiger partial charge in [-0.3, -0.25) is 9.69 Å². The second kappa shape index (κ2) is 10.8. The highest BCUT2D eigenvalue weighted by Gasteiger charge is 2.36. The molecule has 35 heavy (non-hydrogen) atoms. The lowest BCUT2D eigenvalue weighted by atomic mass is 10.1. The van der Waals surface area contributed by atoms with Crippen molar-refractivity contribution in [2.75, 3.05) is 32.0 Å². The lowest BCUT2D eigenvalue weighted by Gasteiger charge is -2.31. The molecular formula is C25H28N4O5S. The largest absolute Gasteiger partial charge is 0.496 e. The summed E-state index contributed by atoms with van der Waals surface area (Å²) in [5.41, 5.74) is 2.36. The molecule has 2 aromatic carbocycles. The number of para-hydroxylation sites is 1. The van der Waals surface area contributed by atoms with E-state index in [1.807, 2.05) is 24.3 Å². The molecule has 2 heterocycles. The number of ether oxygens (including phenoxy) is 4. The number of carbonyl (C=O) groups excluding carboxylic acids is 1. The summed E-state index contributed by atoms with van der Waals surface area (Å²) in [4.78, 5) is 19.3. The first kappa shape index (κ1) is 24.6. The van der Waals surface area contributed by atoms with Crippen molar-refractivity contribution in [3.05, 3.63) is 42.0 Å². The second-order valence-corrected chi connectivity index (χ2v) is 8.84. The fraction of sp³-hybridized carbons (Fsp3) is 0.360. The zero-order valence-corrected chi connectivity index (χ0v) is 21.2. The molecule has 1 aliphatic heterocycles. The van der Waals surface area contributed by atoms with Crippen LogP contribution in [0.4, 0.5) is 5.69 Å². The molecule has 1 atom stereocenters. The minimum absolute atomic E-state index is 0.224. The number of nitrogens with zero attached hydrogens (tertiary/aromatic N) is 4. The Morgan fingerprint density at radius 3 is 2.46 bits per heavy atom. The number of rotatable bonds is 8. The first-order valence-corrected chi connectivity index (χ1v) is 12.2. The topological polar surface area (TPSA) is 95.9 Å². The van der Waals surface area contributed by atoms with E-state index in [0.29, 0.717) is 44.9 Å². The fourth-order valence-electron chi connectivity index (χ4n) is 3.87. The van der Waals surface area contributed by atoms with Crippen molar-refractivity contribution >= 4 is 23.4 Å². The van der Waals surface area contributed by atoms with Gasteiger partial charge in [-0.2, -0.15) is 4.98 Å². The van der Waals surface area contributed by atoms with E-state index in [1.54, 1.807) is 38.4 Å². The standard InChI is InChI=1S/C25H28N4O5S/c1-6-7-12-35-25-26-23-22(27-28-25)16-10-8-9-11-18(16)29(15(2)30)24(34-23)17-13-20(32-4)21(33-5)14-19(17)31-3/h8-11,13-14,24H,6-7,12H2,1-5H3/t24-/m0/s1. The summed E-state index contributed by atoms with van der Waals surface area (Å²) in [5, 5.41) is 9.28. The van der Waals surface area contributed by atoms with Crippen molar-refractivity contribution in [1.29, 1.82) is 0 Å². The maximum atomic E-state index is 13.1. The van der Waals surface area contributed by atoms with E-state index < -0.39 is 6.23 Å². The molecular weight excluding hydrogens is 468 g/mol. The van der Waals surface area contributed by atoms with E-state index in [2.05, 4.69) is 22.1 Å². The van der Waals surface area contributed by atoms with Gasteiger partial charge in [-0.25, -0.2) is 0 Å². The first-order valence-electron chi connectivity index (χ1n) is 11.3. The third-order valence-corrected chi connectivity index (χ3v) is 6.51. The van der Waals surface area contributed by atoms with Crippen LogP contribution >= 0.6 is 11.8 Å². The lowest BCUT2D eigenvalue weighted by Crippen LogP contribution is -2.36. The molecule has 9 nitrogen and oxygen atoms in total. The van der Waals surface area contributed by atoms with Crippen molar-refractivity contribution in [1.82, 2.24) is 15.2 Å². The first-order chi connectivity index (χ1) is 17.0. The number of fused-ring (bicyclic) bond motifs is 3. The average Bonchev–Trinajstić information content (AvgIpc) is 3.02. The molecule has 1 aromatic heterocycles. The number of thioether (sulfide) groups is 1. The summed E-state index contributed by atoms with van der Waals surface area (Å²) in [6.45, 7) is 3.62. The highest BCUT2D eigenvalue weighted by Crippen LogP contribution is 2.46. The SMILES string of the molecule is CCCCSc1nnc2c(n1)O[C@@H](c1cc(OC)c(OC)cc1OC)N(C(C)=O)c1ccccc1-2. The minimum atomic E-state index is -0.908. The number of methoxy groups -OCH3 is 3. The highest BCUT2D eigenvalue weighted by molar-refractivity contribution is 7.99. The van der Waals surface area contributed by atoms with Crippen molar-refractivity contribution in [2.45, 2.75) is 38.1 Å². The minimum Gasteiger partial charge on any atom is -0.496 e. The highest BCUT2D eigenvalue weighted by atomic mass is 32.2. The molecule has 0 aliphatic carbocycles. The molecule has 0 fully saturated rings. The van der Waals surface area contributed by atoms with Gasteiger partial charge in [0, 0.05) is 24.3 Å².